The van der Waals surface area contributed by atoms with Gasteiger partial charge in [0.25, 0.3) is 0 Å². The summed E-state index contributed by atoms with van der Waals surface area (Å²) in [5.74, 6) is 0.669. The summed E-state index contributed by atoms with van der Waals surface area (Å²) in [6, 6.07) is 0. The molecule has 0 atom stereocenters. The molecule has 0 saturated heterocycles. The third-order valence-corrected chi connectivity index (χ3v) is 1.72. The zero-order valence-corrected chi connectivity index (χ0v) is 7.16. The van der Waals surface area contributed by atoms with Gasteiger partial charge in [-0.3, -0.25) is 4.31 Å². The average molecular weight is 144 g/mol. The SMILES string of the molecule is [C]SN(CC)CC(C)C. The van der Waals surface area contributed by atoms with E-state index in [0.29, 0.717) is 5.92 Å². The highest BCUT2D eigenvalue weighted by Crippen LogP contribution is 2.08. The van der Waals surface area contributed by atoms with Crippen molar-refractivity contribution in [2.75, 3.05) is 13.1 Å². The van der Waals surface area contributed by atoms with Crippen LogP contribution >= 0.6 is 11.9 Å². The quantitative estimate of drug-likeness (QED) is 0.556. The topological polar surface area (TPSA) is 3.24 Å². The minimum atomic E-state index is 0.669. The minimum absolute atomic E-state index is 0.669. The van der Waals surface area contributed by atoms with Crippen molar-refractivity contribution in [3.05, 3.63) is 6.26 Å². The predicted octanol–water partition coefficient (Wildman–Crippen LogP) is 2.16. The summed E-state index contributed by atoms with van der Waals surface area (Å²) < 4.78 is 2.03. The van der Waals surface area contributed by atoms with Gasteiger partial charge < -0.3 is 0 Å². The van der Waals surface area contributed by atoms with Gasteiger partial charge in [0.2, 0.25) is 0 Å². The van der Waals surface area contributed by atoms with Crippen molar-refractivity contribution in [3.8, 4) is 0 Å². The molecule has 0 aromatic carbocycles. The van der Waals surface area contributed by atoms with E-state index in [-0.39, 0.29) is 0 Å². The van der Waals surface area contributed by atoms with Gasteiger partial charge in [0.1, 0.15) is 0 Å². The second kappa shape index (κ2) is 5.12. The molecule has 0 amide bonds. The third-order valence-electron chi connectivity index (χ3n) is 1.05. The normalized spacial score (nSPS) is 11.3. The first-order chi connectivity index (χ1) is 4.20. The molecule has 3 radical (unpaired) electrons. The Balaban J connectivity index is 3.31. The minimum Gasteiger partial charge on any atom is -0.250 e. The molecule has 0 fully saturated rings. The Morgan fingerprint density at radius 1 is 1.56 bits per heavy atom. The van der Waals surface area contributed by atoms with E-state index >= 15 is 0 Å². The van der Waals surface area contributed by atoms with Crippen molar-refractivity contribution >= 4 is 11.9 Å². The van der Waals surface area contributed by atoms with Crippen LogP contribution in [0.25, 0.3) is 0 Å². The maximum atomic E-state index is 7.00. The van der Waals surface area contributed by atoms with Gasteiger partial charge in [0.05, 0.1) is 6.26 Å². The maximum Gasteiger partial charge on any atom is 0.0874 e. The Hall–Kier alpha value is 0.310. The van der Waals surface area contributed by atoms with Gasteiger partial charge in [-0.2, -0.15) is 0 Å². The van der Waals surface area contributed by atoms with Gasteiger partial charge in [-0.15, -0.1) is 0 Å². The fourth-order valence-electron chi connectivity index (χ4n) is 0.638. The van der Waals surface area contributed by atoms with Gasteiger partial charge >= 0.3 is 0 Å². The van der Waals surface area contributed by atoms with Crippen LogP contribution in [0.4, 0.5) is 0 Å². The van der Waals surface area contributed by atoms with Crippen LogP contribution in [0, 0.1) is 12.2 Å². The van der Waals surface area contributed by atoms with E-state index in [9.17, 15) is 0 Å². The molecule has 0 saturated carbocycles. The van der Waals surface area contributed by atoms with Crippen LogP contribution < -0.4 is 0 Å². The van der Waals surface area contributed by atoms with Crippen LogP contribution in [0.5, 0.6) is 0 Å². The lowest BCUT2D eigenvalue weighted by molar-refractivity contribution is 0.425. The Morgan fingerprint density at radius 3 is 2.22 bits per heavy atom. The second-order valence-electron chi connectivity index (χ2n) is 2.47. The van der Waals surface area contributed by atoms with E-state index in [1.807, 2.05) is 4.31 Å². The van der Waals surface area contributed by atoms with Crippen molar-refractivity contribution in [3.63, 3.8) is 0 Å². The molecule has 0 aliphatic rings. The number of rotatable bonds is 4. The highest BCUT2D eigenvalue weighted by atomic mass is 32.2. The maximum absolute atomic E-state index is 7.00. The highest BCUT2D eigenvalue weighted by Gasteiger charge is 2.01. The molecule has 0 bridgehead atoms. The molecule has 0 rings (SSSR count). The molecule has 0 spiro atoms. The second-order valence-corrected chi connectivity index (χ2v) is 3.16. The molecule has 0 aliphatic carbocycles. The first-order valence-electron chi connectivity index (χ1n) is 3.29. The molecule has 0 unspecified atom stereocenters. The van der Waals surface area contributed by atoms with Gasteiger partial charge in [0, 0.05) is 13.1 Å². The molecule has 9 heavy (non-hydrogen) atoms. The lowest BCUT2D eigenvalue weighted by Gasteiger charge is -2.17. The fraction of sp³-hybridized carbons (Fsp3) is 0.857. The van der Waals surface area contributed by atoms with E-state index < -0.39 is 0 Å². The first kappa shape index (κ1) is 9.31. The zero-order chi connectivity index (χ0) is 7.28. The van der Waals surface area contributed by atoms with Crippen molar-refractivity contribution in [2.45, 2.75) is 20.8 Å². The van der Waals surface area contributed by atoms with Gasteiger partial charge in [-0.1, -0.05) is 32.7 Å². The molecule has 2 heteroatoms. The van der Waals surface area contributed by atoms with Crippen molar-refractivity contribution < 1.29 is 0 Å². The standard InChI is InChI=1S/C7H14NS/c1-5-8(9-4)6-7(2)3/h7H,5-6H2,1-3H3. The van der Waals surface area contributed by atoms with Crippen LogP contribution in [-0.4, -0.2) is 17.4 Å². The Morgan fingerprint density at radius 2 is 2.11 bits per heavy atom. The average Bonchev–Trinajstić information content (AvgIpc) is 1.82. The van der Waals surface area contributed by atoms with E-state index in [2.05, 4.69) is 20.8 Å². The fourth-order valence-corrected chi connectivity index (χ4v) is 1.14. The van der Waals surface area contributed by atoms with Crippen LogP contribution in [0.3, 0.4) is 0 Å². The zero-order valence-electron chi connectivity index (χ0n) is 6.35. The van der Waals surface area contributed by atoms with Crippen LogP contribution in [0.15, 0.2) is 0 Å². The van der Waals surface area contributed by atoms with E-state index in [1.165, 1.54) is 0 Å². The van der Waals surface area contributed by atoms with Crippen LogP contribution in [0.1, 0.15) is 20.8 Å². The van der Waals surface area contributed by atoms with E-state index in [4.69, 9.17) is 6.26 Å². The van der Waals surface area contributed by atoms with Crippen LogP contribution in [0.2, 0.25) is 0 Å². The lowest BCUT2D eigenvalue weighted by Crippen LogP contribution is -2.19. The van der Waals surface area contributed by atoms with Gasteiger partial charge in [-0.25, -0.2) is 0 Å². The van der Waals surface area contributed by atoms with E-state index in [1.54, 1.807) is 0 Å². The number of hydrogen-bond donors (Lipinski definition) is 0. The molecular weight excluding hydrogens is 130 g/mol. The van der Waals surface area contributed by atoms with E-state index in [0.717, 1.165) is 25.0 Å². The van der Waals surface area contributed by atoms with Gasteiger partial charge in [-0.05, 0) is 5.92 Å². The molecule has 0 N–H and O–H groups in total. The van der Waals surface area contributed by atoms with Crippen LogP contribution in [-0.2, 0) is 0 Å². The molecule has 0 aliphatic heterocycles. The summed E-state index contributed by atoms with van der Waals surface area (Å²) in [6.45, 7) is 8.39. The summed E-state index contributed by atoms with van der Waals surface area (Å²) in [5.41, 5.74) is 0. The molecule has 0 aromatic heterocycles. The molecule has 53 valence electrons. The Kier molecular flexibility index (Phi) is 5.30. The summed E-state index contributed by atoms with van der Waals surface area (Å²) in [5, 5.41) is 0. The Labute approximate surface area is 62.9 Å². The molecule has 0 aromatic rings. The summed E-state index contributed by atoms with van der Waals surface area (Å²) in [7, 11) is 0. The van der Waals surface area contributed by atoms with Gasteiger partial charge in [0.15, 0.2) is 0 Å². The molecular formula is C7H14NS. The van der Waals surface area contributed by atoms with Crippen molar-refractivity contribution in [2.24, 2.45) is 5.92 Å². The largest absolute Gasteiger partial charge is 0.250 e. The number of hydrogen-bond acceptors (Lipinski definition) is 2. The monoisotopic (exact) mass is 144 g/mol. The highest BCUT2D eigenvalue weighted by molar-refractivity contribution is 7.98. The predicted molar refractivity (Wildman–Crippen MR) is 42.9 cm³/mol. The Bertz CT molecular complexity index is 59.9. The summed E-state index contributed by atoms with van der Waals surface area (Å²) in [4.78, 5) is 0. The van der Waals surface area contributed by atoms with Crippen molar-refractivity contribution in [1.82, 2.24) is 4.31 Å². The third kappa shape index (κ3) is 4.79. The molecule has 1 nitrogen and oxygen atoms in total. The molecule has 0 heterocycles. The lowest BCUT2D eigenvalue weighted by atomic mass is 10.2. The first-order valence-corrected chi connectivity index (χ1v) is 4.06. The van der Waals surface area contributed by atoms with Crippen molar-refractivity contribution in [1.29, 1.82) is 0 Å². The number of nitrogens with zero attached hydrogens (tertiary/aromatic N) is 1. The smallest absolute Gasteiger partial charge is 0.0874 e. The summed E-state index contributed by atoms with van der Waals surface area (Å²) in [6.07, 6.45) is 7.00. The summed E-state index contributed by atoms with van der Waals surface area (Å²) >= 11 is 1.08.